The molecule has 4 unspecified atom stereocenters. The van der Waals surface area contributed by atoms with Crippen LogP contribution in [-0.2, 0) is 14.3 Å². The Morgan fingerprint density at radius 1 is 1.44 bits per heavy atom. The number of carbonyl (C=O) groups excluding carboxylic acids is 2. The van der Waals surface area contributed by atoms with Gasteiger partial charge in [-0.2, -0.15) is 0 Å². The maximum atomic E-state index is 12.1. The smallest absolute Gasteiger partial charge is 0.328 e. The molecule has 0 radical (unpaired) electrons. The lowest BCUT2D eigenvalue weighted by molar-refractivity contribution is -0.147. The molecule has 0 aromatic rings. The molecule has 1 aliphatic rings. The third kappa shape index (κ3) is 3.70. The van der Waals surface area contributed by atoms with Crippen molar-refractivity contribution in [1.29, 1.82) is 0 Å². The zero-order valence-electron chi connectivity index (χ0n) is 11.4. The van der Waals surface area contributed by atoms with Crippen molar-refractivity contribution in [2.45, 2.75) is 51.6 Å². The number of hydrogen-bond donors (Lipinski definition) is 2. The minimum absolute atomic E-state index is 0.0591. The van der Waals surface area contributed by atoms with Crippen LogP contribution in [0.4, 0.5) is 0 Å². The summed E-state index contributed by atoms with van der Waals surface area (Å²) in [4.78, 5) is 23.7. The lowest BCUT2D eigenvalue weighted by atomic mass is 9.97. The first-order chi connectivity index (χ1) is 8.49. The van der Waals surface area contributed by atoms with Crippen molar-refractivity contribution in [2.75, 3.05) is 7.11 Å². The molecule has 18 heavy (non-hydrogen) atoms. The molecule has 1 rings (SSSR count). The van der Waals surface area contributed by atoms with Crippen LogP contribution < -0.4 is 11.1 Å². The van der Waals surface area contributed by atoms with Crippen LogP contribution in [0, 0.1) is 11.8 Å². The Kier molecular flexibility index (Phi) is 5.59. The van der Waals surface area contributed by atoms with Crippen molar-refractivity contribution in [2.24, 2.45) is 17.6 Å². The zero-order chi connectivity index (χ0) is 13.7. The fourth-order valence-corrected chi connectivity index (χ4v) is 2.32. The van der Waals surface area contributed by atoms with Gasteiger partial charge in [-0.15, -0.1) is 0 Å². The van der Waals surface area contributed by atoms with Crippen LogP contribution >= 0.6 is 0 Å². The number of ether oxygens (including phenoxy) is 1. The fraction of sp³-hybridized carbons (Fsp3) is 0.846. The second-order valence-electron chi connectivity index (χ2n) is 5.17. The first-order valence-corrected chi connectivity index (χ1v) is 6.63. The van der Waals surface area contributed by atoms with Crippen molar-refractivity contribution < 1.29 is 14.3 Å². The van der Waals surface area contributed by atoms with Gasteiger partial charge in [-0.1, -0.05) is 20.3 Å². The molecule has 1 aliphatic carbocycles. The quantitative estimate of drug-likeness (QED) is 0.713. The summed E-state index contributed by atoms with van der Waals surface area (Å²) in [5.41, 5.74) is 5.79. The molecule has 0 aromatic heterocycles. The molecule has 0 bridgehead atoms. The summed E-state index contributed by atoms with van der Waals surface area (Å²) in [6, 6.07) is -0.440. The van der Waals surface area contributed by atoms with Gasteiger partial charge in [0.2, 0.25) is 5.91 Å². The summed E-state index contributed by atoms with van der Waals surface area (Å²) in [6.45, 7) is 3.92. The van der Waals surface area contributed by atoms with Gasteiger partial charge in [0.05, 0.1) is 7.11 Å². The van der Waals surface area contributed by atoms with Crippen molar-refractivity contribution in [3.8, 4) is 0 Å². The topological polar surface area (TPSA) is 81.4 Å². The van der Waals surface area contributed by atoms with Crippen LogP contribution in [0.15, 0.2) is 0 Å². The van der Waals surface area contributed by atoms with Crippen molar-refractivity contribution in [1.82, 2.24) is 5.32 Å². The minimum Gasteiger partial charge on any atom is -0.467 e. The number of carbonyl (C=O) groups is 2. The Hall–Kier alpha value is -1.10. The molecule has 4 atom stereocenters. The van der Waals surface area contributed by atoms with E-state index < -0.39 is 6.04 Å². The molecule has 0 heterocycles. The van der Waals surface area contributed by atoms with E-state index in [0.29, 0.717) is 6.42 Å². The first kappa shape index (κ1) is 15.0. The van der Waals surface area contributed by atoms with E-state index in [9.17, 15) is 9.59 Å². The lowest BCUT2D eigenvalue weighted by Crippen LogP contribution is -2.47. The summed E-state index contributed by atoms with van der Waals surface area (Å²) >= 11 is 0. The number of methoxy groups -OCH3 is 1. The Morgan fingerprint density at radius 2 is 2.11 bits per heavy atom. The minimum atomic E-state index is -0.552. The first-order valence-electron chi connectivity index (χ1n) is 6.63. The van der Waals surface area contributed by atoms with Gasteiger partial charge in [-0.25, -0.2) is 4.79 Å². The SMILES string of the molecule is CCC(C)C(NC(=O)C1CCC(N)C1)C(=O)OC. The van der Waals surface area contributed by atoms with Crippen LogP contribution in [0.5, 0.6) is 0 Å². The average Bonchev–Trinajstić information content (AvgIpc) is 2.80. The molecule has 5 heteroatoms. The summed E-state index contributed by atoms with van der Waals surface area (Å²) in [5, 5.41) is 2.81. The molecule has 104 valence electrons. The van der Waals surface area contributed by atoms with Crippen molar-refractivity contribution in [3.63, 3.8) is 0 Å². The van der Waals surface area contributed by atoms with Gasteiger partial charge in [0.1, 0.15) is 6.04 Å². The highest BCUT2D eigenvalue weighted by Gasteiger charge is 2.32. The van der Waals surface area contributed by atoms with Crippen LogP contribution in [0.1, 0.15) is 39.5 Å². The zero-order valence-corrected chi connectivity index (χ0v) is 11.4. The highest BCUT2D eigenvalue weighted by Crippen LogP contribution is 2.24. The maximum absolute atomic E-state index is 12.1. The molecule has 1 fully saturated rings. The second kappa shape index (κ2) is 6.73. The van der Waals surface area contributed by atoms with E-state index in [1.165, 1.54) is 7.11 Å². The van der Waals surface area contributed by atoms with E-state index in [1.54, 1.807) is 0 Å². The molecular formula is C13H24N2O3. The van der Waals surface area contributed by atoms with E-state index in [1.807, 2.05) is 13.8 Å². The maximum Gasteiger partial charge on any atom is 0.328 e. The van der Waals surface area contributed by atoms with E-state index in [0.717, 1.165) is 19.3 Å². The summed E-state index contributed by atoms with van der Waals surface area (Å²) in [7, 11) is 1.34. The number of esters is 1. The summed E-state index contributed by atoms with van der Waals surface area (Å²) in [6.07, 6.45) is 3.20. The van der Waals surface area contributed by atoms with Crippen LogP contribution in [0.25, 0.3) is 0 Å². The van der Waals surface area contributed by atoms with Crippen molar-refractivity contribution in [3.05, 3.63) is 0 Å². The highest BCUT2D eigenvalue weighted by molar-refractivity contribution is 5.86. The van der Waals surface area contributed by atoms with E-state index in [-0.39, 0.29) is 29.8 Å². The van der Waals surface area contributed by atoms with Crippen LogP contribution in [-0.4, -0.2) is 31.1 Å². The van der Waals surface area contributed by atoms with Gasteiger partial charge in [-0.3, -0.25) is 4.79 Å². The molecule has 5 nitrogen and oxygen atoms in total. The molecule has 0 aliphatic heterocycles. The molecule has 1 amide bonds. The fourth-order valence-electron chi connectivity index (χ4n) is 2.32. The number of rotatable bonds is 5. The van der Waals surface area contributed by atoms with E-state index >= 15 is 0 Å². The normalized spacial score (nSPS) is 26.4. The Labute approximate surface area is 108 Å². The third-order valence-electron chi connectivity index (χ3n) is 3.81. The number of nitrogens with one attached hydrogen (secondary N) is 1. The number of nitrogens with two attached hydrogens (primary N) is 1. The molecular weight excluding hydrogens is 232 g/mol. The summed E-state index contributed by atoms with van der Waals surface area (Å²) in [5.74, 6) is -0.439. The van der Waals surface area contributed by atoms with Crippen LogP contribution in [0.2, 0.25) is 0 Å². The average molecular weight is 256 g/mol. The number of amides is 1. The van der Waals surface area contributed by atoms with Gasteiger partial charge >= 0.3 is 5.97 Å². The van der Waals surface area contributed by atoms with Gasteiger partial charge in [-0.05, 0) is 25.2 Å². The van der Waals surface area contributed by atoms with Crippen LogP contribution in [0.3, 0.4) is 0 Å². The molecule has 0 spiro atoms. The van der Waals surface area contributed by atoms with Gasteiger partial charge in [0.25, 0.3) is 0 Å². The highest BCUT2D eigenvalue weighted by atomic mass is 16.5. The molecule has 1 saturated carbocycles. The molecule has 3 N–H and O–H groups in total. The lowest BCUT2D eigenvalue weighted by Gasteiger charge is -2.23. The standard InChI is InChI=1S/C13H24N2O3/c1-4-8(2)11(13(17)18-3)15-12(16)9-5-6-10(14)7-9/h8-11H,4-7,14H2,1-3H3,(H,15,16). The van der Waals surface area contributed by atoms with Gasteiger partial charge in [0, 0.05) is 12.0 Å². The summed E-state index contributed by atoms with van der Waals surface area (Å²) < 4.78 is 4.74. The molecule has 0 saturated heterocycles. The second-order valence-corrected chi connectivity index (χ2v) is 5.17. The Bertz CT molecular complexity index is 307. The van der Waals surface area contributed by atoms with E-state index in [4.69, 9.17) is 10.5 Å². The molecule has 0 aromatic carbocycles. The number of hydrogen-bond acceptors (Lipinski definition) is 4. The van der Waals surface area contributed by atoms with Crippen molar-refractivity contribution >= 4 is 11.9 Å². The monoisotopic (exact) mass is 256 g/mol. The predicted octanol–water partition coefficient (Wildman–Crippen LogP) is 0.818. The largest absolute Gasteiger partial charge is 0.467 e. The van der Waals surface area contributed by atoms with E-state index in [2.05, 4.69) is 5.32 Å². The van der Waals surface area contributed by atoms with Gasteiger partial charge < -0.3 is 15.8 Å². The Balaban J connectivity index is 2.60. The van der Waals surface area contributed by atoms with Gasteiger partial charge in [0.15, 0.2) is 0 Å². The predicted molar refractivity (Wildman–Crippen MR) is 68.7 cm³/mol. The Morgan fingerprint density at radius 3 is 2.56 bits per heavy atom. The third-order valence-corrected chi connectivity index (χ3v) is 3.81.